The third kappa shape index (κ3) is 6.07. The third-order valence-electron chi connectivity index (χ3n) is 5.31. The van der Waals surface area contributed by atoms with E-state index in [0.717, 1.165) is 4.47 Å². The van der Waals surface area contributed by atoms with Gasteiger partial charge in [-0.15, -0.1) is 0 Å². The van der Waals surface area contributed by atoms with Crippen LogP contribution in [0.15, 0.2) is 81.0 Å². The number of morpholine rings is 1. The molecule has 0 atom stereocenters. The zero-order chi connectivity index (χ0) is 25.9. The number of nitrogens with zero attached hydrogens (tertiary/aromatic N) is 1. The van der Waals surface area contributed by atoms with Crippen LogP contribution in [0.5, 0.6) is 0 Å². The molecule has 1 amide bonds. The van der Waals surface area contributed by atoms with Crippen LogP contribution in [-0.4, -0.2) is 53.4 Å². The Kier molecular flexibility index (Phi) is 8.03. The topological polar surface area (TPSA) is 122 Å². The van der Waals surface area contributed by atoms with Crippen molar-refractivity contribution in [1.29, 1.82) is 0 Å². The average molecular weight is 615 g/mol. The van der Waals surface area contributed by atoms with Crippen LogP contribution in [0.25, 0.3) is 0 Å². The maximum atomic E-state index is 12.9. The lowest BCUT2D eigenvalue weighted by Gasteiger charge is -2.26. The summed E-state index contributed by atoms with van der Waals surface area (Å²) < 4.78 is 61.0. The van der Waals surface area contributed by atoms with Crippen LogP contribution >= 0.6 is 27.5 Å². The van der Waals surface area contributed by atoms with Gasteiger partial charge < -0.3 is 10.1 Å². The Morgan fingerprint density at radius 3 is 2.08 bits per heavy atom. The van der Waals surface area contributed by atoms with Crippen molar-refractivity contribution in [2.45, 2.75) is 9.79 Å². The normalized spacial score (nSPS) is 14.8. The molecule has 1 heterocycles. The number of sulfonamides is 2. The molecule has 0 spiro atoms. The summed E-state index contributed by atoms with van der Waals surface area (Å²) in [6.45, 7) is 1.03. The minimum atomic E-state index is -3.84. The van der Waals surface area contributed by atoms with Crippen LogP contribution in [0.2, 0.25) is 5.02 Å². The smallest absolute Gasteiger partial charge is 0.261 e. The van der Waals surface area contributed by atoms with Gasteiger partial charge in [0.05, 0.1) is 33.6 Å². The van der Waals surface area contributed by atoms with Gasteiger partial charge in [-0.25, -0.2) is 16.8 Å². The van der Waals surface area contributed by atoms with Gasteiger partial charge in [-0.3, -0.25) is 9.52 Å². The standard InChI is InChI=1S/C23H21BrClN3O6S2/c24-16-1-3-18(4-2-16)27-35(30,31)19-7-5-17(6-8-19)26-23(29)21-15-20(9-10-22(21)25)36(32,33)28-11-13-34-14-12-28/h1-10,15,27H,11-14H2,(H,26,29). The van der Waals surface area contributed by atoms with Crippen molar-refractivity contribution in [1.82, 2.24) is 4.31 Å². The molecule has 1 aliphatic heterocycles. The molecular formula is C23H21BrClN3O6S2. The molecular weight excluding hydrogens is 594 g/mol. The molecule has 2 N–H and O–H groups in total. The van der Waals surface area contributed by atoms with E-state index >= 15 is 0 Å². The molecule has 9 nitrogen and oxygen atoms in total. The number of anilines is 2. The van der Waals surface area contributed by atoms with Crippen molar-refractivity contribution in [3.8, 4) is 0 Å². The Hall–Kier alpha value is -2.48. The Bertz CT molecular complexity index is 1480. The van der Waals surface area contributed by atoms with E-state index in [2.05, 4.69) is 26.0 Å². The van der Waals surface area contributed by atoms with Crippen LogP contribution in [0.4, 0.5) is 11.4 Å². The Labute approximate surface area is 222 Å². The predicted molar refractivity (Wildman–Crippen MR) is 140 cm³/mol. The van der Waals surface area contributed by atoms with Gasteiger partial charge >= 0.3 is 0 Å². The second kappa shape index (κ2) is 10.9. The van der Waals surface area contributed by atoms with Crippen molar-refractivity contribution < 1.29 is 26.4 Å². The summed E-state index contributed by atoms with van der Waals surface area (Å²) in [5, 5.41) is 2.69. The lowest BCUT2D eigenvalue weighted by atomic mass is 10.2. The summed E-state index contributed by atoms with van der Waals surface area (Å²) in [4.78, 5) is 12.8. The molecule has 0 radical (unpaired) electrons. The fourth-order valence-electron chi connectivity index (χ4n) is 3.42. The van der Waals surface area contributed by atoms with Gasteiger partial charge in [-0.2, -0.15) is 4.31 Å². The first-order valence-electron chi connectivity index (χ1n) is 10.6. The van der Waals surface area contributed by atoms with E-state index in [9.17, 15) is 21.6 Å². The van der Waals surface area contributed by atoms with Crippen molar-refractivity contribution in [2.24, 2.45) is 0 Å². The molecule has 0 saturated carbocycles. The molecule has 0 aliphatic carbocycles. The molecule has 0 bridgehead atoms. The molecule has 0 unspecified atom stereocenters. The van der Waals surface area contributed by atoms with Crippen LogP contribution in [0.3, 0.4) is 0 Å². The fraction of sp³-hybridized carbons (Fsp3) is 0.174. The van der Waals surface area contributed by atoms with Gasteiger partial charge in [0.15, 0.2) is 0 Å². The van der Waals surface area contributed by atoms with Gasteiger partial charge in [0.2, 0.25) is 10.0 Å². The largest absolute Gasteiger partial charge is 0.379 e. The Morgan fingerprint density at radius 2 is 1.44 bits per heavy atom. The molecule has 1 aliphatic rings. The van der Waals surface area contributed by atoms with Crippen LogP contribution in [-0.2, 0) is 24.8 Å². The molecule has 3 aromatic carbocycles. The molecule has 0 aromatic heterocycles. The predicted octanol–water partition coefficient (Wildman–Crippen LogP) is 4.18. The quantitative estimate of drug-likeness (QED) is 0.412. The number of carbonyl (C=O) groups excluding carboxylic acids is 1. The fourth-order valence-corrected chi connectivity index (χ4v) is 6.38. The van der Waals surface area contributed by atoms with E-state index in [1.54, 1.807) is 24.3 Å². The number of rotatable bonds is 7. The molecule has 13 heteroatoms. The Morgan fingerprint density at radius 1 is 0.861 bits per heavy atom. The average Bonchev–Trinajstić information content (AvgIpc) is 2.86. The summed E-state index contributed by atoms with van der Waals surface area (Å²) in [5.74, 6) is -0.636. The molecule has 1 fully saturated rings. The van der Waals surface area contributed by atoms with E-state index in [0.29, 0.717) is 24.6 Å². The second-order valence-electron chi connectivity index (χ2n) is 7.75. The van der Waals surface area contributed by atoms with Crippen LogP contribution < -0.4 is 10.0 Å². The van der Waals surface area contributed by atoms with Crippen LogP contribution in [0, 0.1) is 0 Å². The van der Waals surface area contributed by atoms with Gasteiger partial charge in [0.25, 0.3) is 15.9 Å². The number of halogens is 2. The van der Waals surface area contributed by atoms with E-state index in [1.807, 2.05) is 0 Å². The number of amides is 1. The van der Waals surface area contributed by atoms with E-state index < -0.39 is 26.0 Å². The number of hydrogen-bond donors (Lipinski definition) is 2. The minimum Gasteiger partial charge on any atom is -0.379 e. The minimum absolute atomic E-state index is 0.0000482. The van der Waals surface area contributed by atoms with Crippen molar-refractivity contribution in [3.05, 3.63) is 81.8 Å². The highest BCUT2D eigenvalue weighted by Crippen LogP contribution is 2.25. The first-order valence-corrected chi connectivity index (χ1v) is 14.7. The first kappa shape index (κ1) is 26.6. The van der Waals surface area contributed by atoms with Crippen molar-refractivity contribution in [3.63, 3.8) is 0 Å². The maximum absolute atomic E-state index is 12.9. The summed E-state index contributed by atoms with van der Waals surface area (Å²) >= 11 is 9.48. The van der Waals surface area contributed by atoms with Crippen molar-refractivity contribution >= 4 is 64.9 Å². The third-order valence-corrected chi connectivity index (χ3v) is 9.46. The SMILES string of the molecule is O=C(Nc1ccc(S(=O)(=O)Nc2ccc(Br)cc2)cc1)c1cc(S(=O)(=O)N2CCOCC2)ccc1Cl. The van der Waals surface area contributed by atoms with E-state index in [1.165, 1.54) is 46.8 Å². The monoisotopic (exact) mass is 613 g/mol. The molecule has 4 rings (SSSR count). The van der Waals surface area contributed by atoms with Gasteiger partial charge in [-0.05, 0) is 66.7 Å². The highest BCUT2D eigenvalue weighted by Gasteiger charge is 2.27. The summed E-state index contributed by atoms with van der Waals surface area (Å²) in [5.41, 5.74) is 0.678. The molecule has 190 valence electrons. The van der Waals surface area contributed by atoms with Crippen molar-refractivity contribution in [2.75, 3.05) is 36.3 Å². The van der Waals surface area contributed by atoms with E-state index in [-0.39, 0.29) is 33.5 Å². The maximum Gasteiger partial charge on any atom is 0.261 e. The van der Waals surface area contributed by atoms with Gasteiger partial charge in [0.1, 0.15) is 0 Å². The number of nitrogens with one attached hydrogen (secondary N) is 2. The number of benzene rings is 3. The van der Waals surface area contributed by atoms with Gasteiger partial charge in [0, 0.05) is 28.9 Å². The summed E-state index contributed by atoms with van der Waals surface area (Å²) in [6, 6.07) is 16.1. The summed E-state index contributed by atoms with van der Waals surface area (Å²) in [6.07, 6.45) is 0. The lowest BCUT2D eigenvalue weighted by molar-refractivity contribution is 0.0730. The number of ether oxygens (including phenoxy) is 1. The molecule has 36 heavy (non-hydrogen) atoms. The summed E-state index contributed by atoms with van der Waals surface area (Å²) in [7, 11) is -7.66. The first-order chi connectivity index (χ1) is 17.1. The zero-order valence-electron chi connectivity index (χ0n) is 18.6. The number of carbonyl (C=O) groups is 1. The second-order valence-corrected chi connectivity index (χ2v) is 12.7. The highest BCUT2D eigenvalue weighted by atomic mass is 79.9. The van der Waals surface area contributed by atoms with Gasteiger partial charge in [-0.1, -0.05) is 27.5 Å². The highest BCUT2D eigenvalue weighted by molar-refractivity contribution is 9.10. The lowest BCUT2D eigenvalue weighted by Crippen LogP contribution is -2.40. The zero-order valence-corrected chi connectivity index (χ0v) is 22.6. The number of hydrogen-bond acceptors (Lipinski definition) is 6. The molecule has 3 aromatic rings. The molecule has 1 saturated heterocycles. The van der Waals surface area contributed by atoms with Crippen LogP contribution in [0.1, 0.15) is 10.4 Å². The van der Waals surface area contributed by atoms with E-state index in [4.69, 9.17) is 16.3 Å². The Balaban J connectivity index is 1.49.